The number of aromatic nitrogens is 1. The molecule has 0 unspecified atom stereocenters. The Hall–Kier alpha value is -2.56. The molecule has 2 N–H and O–H groups in total. The van der Waals surface area contributed by atoms with Crippen molar-refractivity contribution in [3.63, 3.8) is 0 Å². The lowest BCUT2D eigenvalue weighted by atomic mass is 9.80. The predicted octanol–water partition coefficient (Wildman–Crippen LogP) is 2.46. The standard InChI is InChI=1S/C18H14BNO2/c21-19(22)13-9-11-14(12-10-13)20-17-7-3-1-5-15(17)16-6-2-4-8-18(16)20/h1-12,21-22H/i9D,10D,11D,12D. The average Bonchev–Trinajstić information content (AvgIpc) is 2.95. The van der Waals surface area contributed by atoms with Crippen molar-refractivity contribution in [1.82, 2.24) is 4.57 Å². The Kier molecular flexibility index (Phi) is 2.16. The van der Waals surface area contributed by atoms with E-state index in [0.29, 0.717) is 0 Å². The monoisotopic (exact) mass is 291 g/mol. The Labute approximate surface area is 133 Å². The molecule has 3 aromatic carbocycles. The van der Waals surface area contributed by atoms with Gasteiger partial charge in [-0.3, -0.25) is 0 Å². The number of nitrogens with zero attached hydrogens (tertiary/aromatic N) is 1. The zero-order valence-electron chi connectivity index (χ0n) is 15.5. The molecule has 106 valence electrons. The summed E-state index contributed by atoms with van der Waals surface area (Å²) in [6.45, 7) is 0. The molecule has 0 atom stereocenters. The number of benzene rings is 3. The molecule has 4 rings (SSSR count). The summed E-state index contributed by atoms with van der Waals surface area (Å²) in [5.41, 5.74) is 1.17. The van der Waals surface area contributed by atoms with Gasteiger partial charge in [-0.25, -0.2) is 0 Å². The van der Waals surface area contributed by atoms with E-state index in [1.54, 1.807) is 4.57 Å². The van der Waals surface area contributed by atoms with Crippen molar-refractivity contribution >= 4 is 34.4 Å². The van der Waals surface area contributed by atoms with Gasteiger partial charge in [0.15, 0.2) is 0 Å². The Morgan fingerprint density at radius 2 is 1.27 bits per heavy atom. The Morgan fingerprint density at radius 1 is 0.773 bits per heavy atom. The summed E-state index contributed by atoms with van der Waals surface area (Å²) in [7, 11) is -2.07. The highest BCUT2D eigenvalue weighted by Gasteiger charge is 2.13. The van der Waals surface area contributed by atoms with Gasteiger partial charge in [-0.1, -0.05) is 48.5 Å². The lowest BCUT2D eigenvalue weighted by molar-refractivity contribution is 0.426. The van der Waals surface area contributed by atoms with Crippen LogP contribution in [0.5, 0.6) is 0 Å². The van der Waals surface area contributed by atoms with Crippen LogP contribution in [0, 0.1) is 0 Å². The second-order valence-corrected chi connectivity index (χ2v) is 5.01. The van der Waals surface area contributed by atoms with Gasteiger partial charge in [0, 0.05) is 16.5 Å². The minimum atomic E-state index is -2.07. The predicted molar refractivity (Wildman–Crippen MR) is 90.6 cm³/mol. The molecule has 0 spiro atoms. The van der Waals surface area contributed by atoms with Crippen LogP contribution in [0.25, 0.3) is 27.5 Å². The van der Waals surface area contributed by atoms with Crippen molar-refractivity contribution in [2.45, 2.75) is 0 Å². The van der Waals surface area contributed by atoms with Gasteiger partial charge in [0.2, 0.25) is 0 Å². The summed E-state index contributed by atoms with van der Waals surface area (Å²) in [6, 6.07) is 13.5. The molecule has 4 aromatic rings. The largest absolute Gasteiger partial charge is 0.488 e. The minimum Gasteiger partial charge on any atom is -0.423 e. The van der Waals surface area contributed by atoms with Gasteiger partial charge >= 0.3 is 7.12 Å². The van der Waals surface area contributed by atoms with Crippen molar-refractivity contribution < 1.29 is 15.5 Å². The third-order valence-electron chi connectivity index (χ3n) is 3.69. The highest BCUT2D eigenvalue weighted by Crippen LogP contribution is 2.31. The van der Waals surface area contributed by atoms with Crippen molar-refractivity contribution in [3.8, 4) is 5.69 Å². The number of hydrogen-bond donors (Lipinski definition) is 2. The van der Waals surface area contributed by atoms with Crippen LogP contribution >= 0.6 is 0 Å². The van der Waals surface area contributed by atoms with Crippen LogP contribution in [0.3, 0.4) is 0 Å². The molecule has 0 aliphatic rings. The maximum absolute atomic E-state index is 9.44. The fourth-order valence-corrected chi connectivity index (χ4v) is 2.72. The number of hydrogen-bond acceptors (Lipinski definition) is 2. The number of para-hydroxylation sites is 2. The molecule has 0 aliphatic heterocycles. The zero-order chi connectivity index (χ0) is 18.6. The van der Waals surface area contributed by atoms with E-state index in [9.17, 15) is 10.0 Å². The van der Waals surface area contributed by atoms with Crippen LogP contribution in [-0.2, 0) is 0 Å². The molecule has 0 fully saturated rings. The Balaban J connectivity index is 2.21. The lowest BCUT2D eigenvalue weighted by Crippen LogP contribution is -2.29. The summed E-state index contributed by atoms with van der Waals surface area (Å²) in [5.74, 6) is 0. The molecule has 0 radical (unpaired) electrons. The second kappa shape index (κ2) is 5.02. The molecule has 0 saturated heterocycles. The van der Waals surface area contributed by atoms with Gasteiger partial charge in [0.1, 0.15) is 0 Å². The fourth-order valence-electron chi connectivity index (χ4n) is 2.72. The van der Waals surface area contributed by atoms with E-state index in [1.165, 1.54) is 0 Å². The molecule has 0 bridgehead atoms. The maximum Gasteiger partial charge on any atom is 0.488 e. The van der Waals surface area contributed by atoms with E-state index in [1.807, 2.05) is 48.5 Å². The van der Waals surface area contributed by atoms with Crippen molar-refractivity contribution in [2.75, 3.05) is 0 Å². The lowest BCUT2D eigenvalue weighted by Gasteiger charge is -2.08. The minimum absolute atomic E-state index is 0.0850. The van der Waals surface area contributed by atoms with E-state index in [-0.39, 0.29) is 17.8 Å². The number of rotatable bonds is 2. The quantitative estimate of drug-likeness (QED) is 0.557. The molecule has 4 heteroatoms. The topological polar surface area (TPSA) is 45.4 Å². The van der Waals surface area contributed by atoms with E-state index < -0.39 is 24.7 Å². The molecule has 22 heavy (non-hydrogen) atoms. The van der Waals surface area contributed by atoms with Crippen LogP contribution in [0.2, 0.25) is 0 Å². The smallest absolute Gasteiger partial charge is 0.423 e. The van der Waals surface area contributed by atoms with Gasteiger partial charge in [-0.05, 0) is 29.7 Å². The second-order valence-electron chi connectivity index (χ2n) is 5.01. The van der Waals surface area contributed by atoms with Crippen LogP contribution in [0.15, 0.2) is 72.7 Å². The molecule has 1 heterocycles. The molecule has 3 nitrogen and oxygen atoms in total. The van der Waals surface area contributed by atoms with Crippen molar-refractivity contribution in [1.29, 1.82) is 0 Å². The molecular weight excluding hydrogens is 273 g/mol. The molecule has 0 amide bonds. The first-order chi connectivity index (χ1) is 12.4. The summed E-state index contributed by atoms with van der Waals surface area (Å²) in [6.07, 6.45) is 0. The third kappa shape index (κ3) is 1.93. The van der Waals surface area contributed by atoms with Crippen LogP contribution in [0.1, 0.15) is 5.48 Å². The Bertz CT molecular complexity index is 1090. The van der Waals surface area contributed by atoms with E-state index in [2.05, 4.69) is 0 Å². The van der Waals surface area contributed by atoms with E-state index >= 15 is 0 Å². The maximum atomic E-state index is 9.44. The van der Waals surface area contributed by atoms with Gasteiger partial charge in [-0.2, -0.15) is 0 Å². The van der Waals surface area contributed by atoms with Gasteiger partial charge in [0.05, 0.1) is 16.5 Å². The molecule has 0 aliphatic carbocycles. The van der Waals surface area contributed by atoms with E-state index in [4.69, 9.17) is 5.48 Å². The van der Waals surface area contributed by atoms with E-state index in [0.717, 1.165) is 21.8 Å². The van der Waals surface area contributed by atoms with Gasteiger partial charge in [0.25, 0.3) is 0 Å². The summed E-state index contributed by atoms with van der Waals surface area (Å²) >= 11 is 0. The average molecular weight is 291 g/mol. The first kappa shape index (κ1) is 9.46. The van der Waals surface area contributed by atoms with Crippen molar-refractivity contribution in [3.05, 3.63) is 72.7 Å². The highest BCUT2D eigenvalue weighted by molar-refractivity contribution is 6.58. The summed E-state index contributed by atoms with van der Waals surface area (Å²) < 4.78 is 34.6. The van der Waals surface area contributed by atoms with Gasteiger partial charge in [-0.15, -0.1) is 0 Å². The zero-order valence-corrected chi connectivity index (χ0v) is 11.5. The SMILES string of the molecule is [2H]c1c([2H])c(-n2c3ccccc3c3ccccc32)c([2H])c([2H])c1B(O)O. The molecular formula is C18H14BNO2. The van der Waals surface area contributed by atoms with Crippen LogP contribution in [0.4, 0.5) is 0 Å². The van der Waals surface area contributed by atoms with Crippen LogP contribution < -0.4 is 5.46 Å². The molecule has 1 aromatic heterocycles. The molecule has 0 saturated carbocycles. The first-order valence-corrected chi connectivity index (χ1v) is 6.88. The highest BCUT2D eigenvalue weighted by atomic mass is 16.4. The fraction of sp³-hybridized carbons (Fsp3) is 0. The first-order valence-electron chi connectivity index (χ1n) is 8.88. The van der Waals surface area contributed by atoms with Crippen molar-refractivity contribution in [2.24, 2.45) is 0 Å². The summed E-state index contributed by atoms with van der Waals surface area (Å²) in [5, 5.41) is 20.8. The normalized spacial score (nSPS) is 13.7. The van der Waals surface area contributed by atoms with Crippen LogP contribution in [-0.4, -0.2) is 21.7 Å². The summed E-state index contributed by atoms with van der Waals surface area (Å²) in [4.78, 5) is 0. The Morgan fingerprint density at radius 3 is 1.77 bits per heavy atom. The number of fused-ring (bicyclic) bond motifs is 3. The third-order valence-corrected chi connectivity index (χ3v) is 3.69. The van der Waals surface area contributed by atoms with Gasteiger partial charge < -0.3 is 14.6 Å².